The Labute approximate surface area is 573 Å². The molecule has 33 heteroatoms. The number of carbonyl (C=O) groups is 11. The molecule has 10 atom stereocenters. The van der Waals surface area contributed by atoms with Gasteiger partial charge in [0.05, 0.1) is 51.7 Å². The van der Waals surface area contributed by atoms with Gasteiger partial charge in [0.1, 0.15) is 54.1 Å². The molecule has 1 aliphatic heterocycles. The molecule has 1 saturated heterocycles. The summed E-state index contributed by atoms with van der Waals surface area (Å²) in [6.45, 7) is 8.23. The van der Waals surface area contributed by atoms with Gasteiger partial charge in [0, 0.05) is 75.9 Å². The van der Waals surface area contributed by atoms with Crippen LogP contribution in [-0.4, -0.2) is 217 Å². The minimum absolute atomic E-state index is 0.00617. The Morgan fingerprint density at radius 3 is 1.90 bits per heavy atom. The monoisotopic (exact) mass is 1380 g/mol. The number of fused-ring (bicyclic) bond motifs is 1. The number of nitrogens with two attached hydrogens (primary N) is 3. The molecule has 0 radical (unpaired) electrons. The highest BCUT2D eigenvalue weighted by Crippen LogP contribution is 2.23. The molecule has 1 aromatic heterocycles. The number of aromatic amines is 1. The van der Waals surface area contributed by atoms with Gasteiger partial charge in [0.15, 0.2) is 5.96 Å². The van der Waals surface area contributed by atoms with Crippen molar-refractivity contribution in [3.05, 3.63) is 102 Å². The summed E-state index contributed by atoms with van der Waals surface area (Å²) in [5.74, 6) is -9.63. The number of hydrazine groups is 1. The van der Waals surface area contributed by atoms with E-state index in [1.54, 1.807) is 50.4 Å². The first kappa shape index (κ1) is 79.7. The maximum atomic E-state index is 14.5. The highest BCUT2D eigenvalue weighted by molar-refractivity contribution is 5.99. The van der Waals surface area contributed by atoms with Crippen LogP contribution >= 0.6 is 0 Å². The van der Waals surface area contributed by atoms with E-state index in [9.17, 15) is 68.1 Å². The molecular weight excluding hydrogens is 1290 g/mol. The maximum absolute atomic E-state index is 14.5. The minimum atomic E-state index is -1.92. The third-order valence-corrected chi connectivity index (χ3v) is 15.7. The molecule has 0 spiro atoms. The normalized spacial score (nSPS) is 16.1. The number of aliphatic hydroxyl groups is 2. The second-order valence-electron chi connectivity index (χ2n) is 24.2. The van der Waals surface area contributed by atoms with Crippen LogP contribution < -0.4 is 70.6 Å². The number of nitrogens with zero attached hydrogens (tertiary/aromatic N) is 2. The Balaban J connectivity index is 1.26. The first-order valence-corrected chi connectivity index (χ1v) is 32.7. The Kier molecular flexibility index (Phi) is 33.3. The van der Waals surface area contributed by atoms with Crippen molar-refractivity contribution in [2.75, 3.05) is 59.8 Å². The summed E-state index contributed by atoms with van der Waals surface area (Å²) in [4.78, 5) is 160. The summed E-state index contributed by atoms with van der Waals surface area (Å²) in [7, 11) is 1.48. The third-order valence-electron chi connectivity index (χ3n) is 15.7. The number of β-amino-alcohol motifs (C(OH)–C–C–N with tert-alkyl or cyclic N) is 1. The van der Waals surface area contributed by atoms with Crippen LogP contribution in [0.3, 0.4) is 0 Å². The van der Waals surface area contributed by atoms with Gasteiger partial charge in [0.2, 0.25) is 53.2 Å². The molecule has 0 bridgehead atoms. The molecule has 2 heterocycles. The number of carbonyl (C=O) groups excluding carboxylic acids is 11. The highest BCUT2D eigenvalue weighted by atomic mass is 16.5. The SMILES string of the molecule is CCCOCCOCCOCCC(=O)N[C@H](Cc1ccc(O)cc1)C(=O)N1C[C@H](O)C[C@H]1C(=O)N[C@@H](CC(N)=O)C(=O)N[C@H](C(=O)N[C@@H](Cc1ccccc1)C(=O)NNC(=O)N[C@@H](CC(C)C)C(=O)N[C@@H](CCCNC(N)=NC)C(=O)N[C@@H](Cc1c[nH]c2ccccc12)C(N)=O)[C@@H](C)O. The number of aliphatic hydroxyl groups excluding tert-OH is 2. The molecule has 0 saturated carbocycles. The number of amides is 12. The van der Waals surface area contributed by atoms with Crippen LogP contribution in [-0.2, 0) is 81.4 Å². The molecule has 3 aromatic carbocycles. The first-order chi connectivity index (χ1) is 47.3. The fourth-order valence-corrected chi connectivity index (χ4v) is 10.6. The van der Waals surface area contributed by atoms with Gasteiger partial charge in [-0.05, 0) is 73.4 Å². The van der Waals surface area contributed by atoms with Crippen molar-refractivity contribution in [1.82, 2.24) is 63.3 Å². The molecule has 1 aliphatic rings. The van der Waals surface area contributed by atoms with Gasteiger partial charge < -0.3 is 99.1 Å². The number of ether oxygens (including phenoxy) is 3. The number of rotatable bonds is 41. The number of aromatic nitrogens is 1. The van der Waals surface area contributed by atoms with Crippen molar-refractivity contribution in [3.63, 3.8) is 0 Å². The van der Waals surface area contributed by atoms with E-state index >= 15 is 0 Å². The molecule has 5 rings (SSSR count). The predicted octanol–water partition coefficient (Wildman–Crippen LogP) is -2.58. The van der Waals surface area contributed by atoms with Crippen LogP contribution in [0.1, 0.15) is 89.3 Å². The molecule has 542 valence electrons. The van der Waals surface area contributed by atoms with Crippen molar-refractivity contribution < 1.29 is 82.3 Å². The number of phenolic OH excluding ortho intramolecular Hbond substituents is 1. The van der Waals surface area contributed by atoms with Crippen molar-refractivity contribution in [3.8, 4) is 5.75 Å². The van der Waals surface area contributed by atoms with Crippen LogP contribution in [0.25, 0.3) is 10.9 Å². The summed E-state index contributed by atoms with van der Waals surface area (Å²) in [5.41, 5.74) is 24.0. The number of H-pyrrole nitrogens is 1. The predicted molar refractivity (Wildman–Crippen MR) is 362 cm³/mol. The van der Waals surface area contributed by atoms with Crippen molar-refractivity contribution in [2.24, 2.45) is 28.1 Å². The number of aromatic hydroxyl groups is 1. The lowest BCUT2D eigenvalue weighted by atomic mass is 10.0. The Hall–Kier alpha value is -9.96. The van der Waals surface area contributed by atoms with Crippen LogP contribution in [0.4, 0.5) is 4.79 Å². The van der Waals surface area contributed by atoms with Gasteiger partial charge in [-0.25, -0.2) is 10.2 Å². The molecule has 33 nitrogen and oxygen atoms in total. The molecule has 0 aliphatic carbocycles. The second-order valence-corrected chi connectivity index (χ2v) is 24.2. The van der Waals surface area contributed by atoms with Crippen LogP contribution in [0, 0.1) is 5.92 Å². The number of likely N-dealkylation sites (tertiary alicyclic amines) is 1. The number of hydrogen-bond acceptors (Lipinski definition) is 18. The highest BCUT2D eigenvalue weighted by Gasteiger charge is 2.43. The largest absolute Gasteiger partial charge is 0.508 e. The van der Waals surface area contributed by atoms with Crippen LogP contribution in [0.15, 0.2) is 90.1 Å². The Morgan fingerprint density at radius 2 is 1.25 bits per heavy atom. The van der Waals surface area contributed by atoms with Crippen molar-refractivity contribution in [1.29, 1.82) is 0 Å². The summed E-state index contributed by atoms with van der Waals surface area (Å²) in [6, 6.07) is 8.19. The number of phenols is 1. The maximum Gasteiger partial charge on any atom is 0.334 e. The summed E-state index contributed by atoms with van der Waals surface area (Å²) in [6.07, 6.45) is -1.97. The van der Waals surface area contributed by atoms with Gasteiger partial charge >= 0.3 is 6.03 Å². The zero-order chi connectivity index (χ0) is 72.6. The van der Waals surface area contributed by atoms with E-state index in [4.69, 9.17) is 31.4 Å². The van der Waals surface area contributed by atoms with Gasteiger partial charge in [-0.1, -0.05) is 81.4 Å². The Bertz CT molecular complexity index is 3350. The molecule has 1 fully saturated rings. The number of hydrogen-bond donors (Lipinski definition) is 17. The number of primary amides is 2. The average Bonchev–Trinajstić information content (AvgIpc) is 1.70. The number of urea groups is 1. The van der Waals surface area contributed by atoms with E-state index in [0.717, 1.165) is 29.1 Å². The smallest absolute Gasteiger partial charge is 0.334 e. The van der Waals surface area contributed by atoms with E-state index in [0.29, 0.717) is 36.5 Å². The zero-order valence-electron chi connectivity index (χ0n) is 56.3. The summed E-state index contributed by atoms with van der Waals surface area (Å²) >= 11 is 0. The van der Waals surface area contributed by atoms with Crippen molar-refractivity contribution in [2.45, 2.75) is 152 Å². The van der Waals surface area contributed by atoms with E-state index in [2.05, 4.69) is 63.4 Å². The van der Waals surface area contributed by atoms with E-state index < -0.39 is 139 Å². The molecule has 0 unspecified atom stereocenters. The topological polar surface area (TPSA) is 506 Å². The lowest BCUT2D eigenvalue weighted by Crippen LogP contribution is -2.62. The number of para-hydroxylation sites is 1. The molecular formula is C66H96N16O17. The Morgan fingerprint density at radius 1 is 0.646 bits per heavy atom. The molecule has 4 aromatic rings. The van der Waals surface area contributed by atoms with Crippen LogP contribution in [0.5, 0.6) is 5.75 Å². The molecule has 12 amide bonds. The van der Waals surface area contributed by atoms with Crippen molar-refractivity contribution >= 4 is 82.0 Å². The summed E-state index contributed by atoms with van der Waals surface area (Å²) < 4.78 is 16.4. The fourth-order valence-electron chi connectivity index (χ4n) is 10.6. The zero-order valence-corrected chi connectivity index (χ0v) is 56.3. The second kappa shape index (κ2) is 41.3. The van der Waals surface area contributed by atoms with E-state index in [-0.39, 0.29) is 95.4 Å². The number of nitrogens with one attached hydrogen (secondary N) is 11. The van der Waals surface area contributed by atoms with E-state index in [1.807, 2.05) is 31.2 Å². The van der Waals surface area contributed by atoms with Gasteiger partial charge in [-0.3, -0.25) is 58.4 Å². The lowest BCUT2D eigenvalue weighted by molar-refractivity contribution is -0.142. The quantitative estimate of drug-likeness (QED) is 0.00939. The van der Waals surface area contributed by atoms with Gasteiger partial charge in [0.25, 0.3) is 5.91 Å². The number of aliphatic imine (C=N–C) groups is 1. The lowest BCUT2D eigenvalue weighted by Gasteiger charge is -2.30. The van der Waals surface area contributed by atoms with E-state index in [1.165, 1.54) is 31.3 Å². The number of benzene rings is 3. The molecule has 20 N–H and O–H groups in total. The standard InChI is InChI=1S/C66H96N16O17/c1-6-24-97-26-28-99-29-27-98-25-22-55(87)73-52(32-41-18-20-43(84)21-19-41)64(95)82-37-44(85)34-53(82)62(93)76-51(35-54(67)86)60(91)79-56(39(4)83)63(94)77-50(31-40-13-8-7-9-14-40)61(92)80-81-66(96)78-49(30-38(2)3)59(90)74-47(17-12-23-71-65(69)70-5)58(89)75-48(57(68)88)33-42-36-72-46-16-11-10-15-45(42)46/h7-11,13-16,18-21,36,38-39,44,47-53,56,72,83-85H,6,12,17,22-35,37H2,1-5H3,(H2,67,86)(H2,68,88)(H,73,87)(H,74,90)(H,75,89)(H,76,93)(H,77,94)(H,79,91)(H,80,92)(H3,69,70,71)(H2,78,81,96)/t39-,44-,47+,48+,49+,50+,51+,52-,53+,56+/m1/s1. The van der Waals surface area contributed by atoms with Gasteiger partial charge in [-0.2, -0.15) is 0 Å². The molecule has 99 heavy (non-hydrogen) atoms. The summed E-state index contributed by atoms with van der Waals surface area (Å²) in [5, 5.41) is 53.2. The third kappa shape index (κ3) is 27.5. The average molecular weight is 1390 g/mol. The fraction of sp³-hybridized carbons (Fsp3) is 0.515. The minimum Gasteiger partial charge on any atom is -0.508 e. The van der Waals surface area contributed by atoms with Gasteiger partial charge in [-0.15, -0.1) is 0 Å². The number of guanidine groups is 1. The first-order valence-electron chi connectivity index (χ1n) is 32.7. The van der Waals surface area contributed by atoms with Crippen LogP contribution in [0.2, 0.25) is 0 Å².